The molecule has 7 aromatic carbocycles. The molecule has 0 unspecified atom stereocenters. The summed E-state index contributed by atoms with van der Waals surface area (Å²) in [5.41, 5.74) is 18.4. The molecular formula is C57H44N2O. The summed E-state index contributed by atoms with van der Waals surface area (Å²) in [4.78, 5) is 11.1. The fraction of sp³-hybridized carbons (Fsp3) is 0.228. The first-order chi connectivity index (χ1) is 29.4. The average molecular weight is 773 g/mol. The zero-order valence-corrected chi connectivity index (χ0v) is 34.0. The first kappa shape index (κ1) is 33.5. The second-order valence-electron chi connectivity index (χ2n) is 19.3. The van der Waals surface area contributed by atoms with Gasteiger partial charge >= 0.3 is 0 Å². The molecule has 4 bridgehead atoms. The Labute approximate surface area is 350 Å². The van der Waals surface area contributed by atoms with Crippen molar-refractivity contribution in [3.05, 3.63) is 168 Å². The molecule has 6 aliphatic carbocycles. The summed E-state index contributed by atoms with van der Waals surface area (Å²) in [5, 5.41) is 4.39. The molecule has 2 heterocycles. The average Bonchev–Trinajstić information content (AvgIpc) is 3.88. The largest absolute Gasteiger partial charge is 0.438 e. The van der Waals surface area contributed by atoms with Crippen LogP contribution >= 0.6 is 0 Å². The minimum Gasteiger partial charge on any atom is -0.438 e. The Bertz CT molecular complexity index is 3300. The smallest absolute Gasteiger partial charge is 0.231 e. The molecule has 0 aliphatic heterocycles. The Morgan fingerprint density at radius 1 is 0.500 bits per heavy atom. The molecule has 0 N–H and O–H groups in total. The van der Waals surface area contributed by atoms with E-state index >= 15 is 0 Å². The van der Waals surface area contributed by atoms with Gasteiger partial charge in [-0.25, -0.2) is 4.98 Å². The lowest BCUT2D eigenvalue weighted by Gasteiger charge is -2.61. The summed E-state index contributed by atoms with van der Waals surface area (Å²) in [6.45, 7) is 4.73. The minimum absolute atomic E-state index is 0.00938. The SMILES string of the molecule is CC1(C)c2ccccc2-c2cc(-c3ccc4c(c3)-c3c(-c5nc(-c6cccc7ccccc67)c6c(n5)oc5ccccc56)cccc3C43C4CC5CC(C4)CC3C5)ccc21. The highest BCUT2D eigenvalue weighted by Gasteiger charge is 2.62. The molecule has 6 aliphatic rings. The number of aromatic nitrogens is 2. The van der Waals surface area contributed by atoms with Gasteiger partial charge in [0.05, 0.1) is 11.1 Å². The van der Waals surface area contributed by atoms with Gasteiger partial charge in [-0.05, 0) is 140 Å². The highest BCUT2D eigenvalue weighted by molar-refractivity contribution is 6.14. The number of para-hydroxylation sites is 1. The molecule has 0 atom stereocenters. The summed E-state index contributed by atoms with van der Waals surface area (Å²) in [5.74, 6) is 3.77. The maximum Gasteiger partial charge on any atom is 0.231 e. The van der Waals surface area contributed by atoms with Crippen LogP contribution < -0.4 is 0 Å². The van der Waals surface area contributed by atoms with E-state index in [-0.39, 0.29) is 10.8 Å². The maximum atomic E-state index is 6.67. The fourth-order valence-corrected chi connectivity index (χ4v) is 13.9. The van der Waals surface area contributed by atoms with Crippen molar-refractivity contribution in [3.63, 3.8) is 0 Å². The lowest BCUT2D eigenvalue weighted by Crippen LogP contribution is -2.55. The van der Waals surface area contributed by atoms with Crippen LogP contribution in [-0.2, 0) is 10.8 Å². The van der Waals surface area contributed by atoms with Crippen molar-refractivity contribution in [3.8, 4) is 56.0 Å². The van der Waals surface area contributed by atoms with Gasteiger partial charge in [0.1, 0.15) is 5.58 Å². The molecule has 0 saturated heterocycles. The summed E-state index contributed by atoms with van der Waals surface area (Å²) in [6.07, 6.45) is 6.78. The third-order valence-corrected chi connectivity index (χ3v) is 16.1. The summed E-state index contributed by atoms with van der Waals surface area (Å²) >= 11 is 0. The van der Waals surface area contributed by atoms with Gasteiger partial charge in [0.25, 0.3) is 0 Å². The molecule has 4 saturated carbocycles. The van der Waals surface area contributed by atoms with E-state index in [1.54, 1.807) is 0 Å². The van der Waals surface area contributed by atoms with Gasteiger partial charge in [-0.1, -0.05) is 141 Å². The van der Waals surface area contributed by atoms with Crippen LogP contribution in [0.2, 0.25) is 0 Å². The molecule has 15 rings (SSSR count). The van der Waals surface area contributed by atoms with Crippen LogP contribution in [0, 0.1) is 23.7 Å². The predicted octanol–water partition coefficient (Wildman–Crippen LogP) is 14.6. The normalized spacial score (nSPS) is 23.7. The summed E-state index contributed by atoms with van der Waals surface area (Å²) in [6, 6.07) is 54.3. The van der Waals surface area contributed by atoms with Crippen molar-refractivity contribution in [2.45, 2.75) is 56.8 Å². The molecule has 3 nitrogen and oxygen atoms in total. The molecule has 3 heteroatoms. The molecule has 0 amide bonds. The van der Waals surface area contributed by atoms with Crippen LogP contribution in [0.1, 0.15) is 68.2 Å². The number of nitrogens with zero attached hydrogens (tertiary/aromatic N) is 2. The zero-order chi connectivity index (χ0) is 39.5. The Balaban J connectivity index is 1.03. The van der Waals surface area contributed by atoms with E-state index in [0.717, 1.165) is 50.8 Å². The monoisotopic (exact) mass is 772 g/mol. The second kappa shape index (κ2) is 11.7. The van der Waals surface area contributed by atoms with Crippen molar-refractivity contribution in [1.29, 1.82) is 0 Å². The van der Waals surface area contributed by atoms with Gasteiger partial charge in [-0.15, -0.1) is 0 Å². The highest BCUT2D eigenvalue weighted by atomic mass is 16.3. The Kier molecular flexibility index (Phi) is 6.53. The van der Waals surface area contributed by atoms with Gasteiger partial charge in [0, 0.05) is 27.3 Å². The van der Waals surface area contributed by atoms with E-state index < -0.39 is 0 Å². The molecule has 1 spiro atoms. The number of hydrogen-bond acceptors (Lipinski definition) is 3. The zero-order valence-electron chi connectivity index (χ0n) is 34.0. The molecule has 2 aromatic heterocycles. The maximum absolute atomic E-state index is 6.67. The van der Waals surface area contributed by atoms with Crippen LogP contribution in [0.25, 0.3) is 88.9 Å². The molecule has 0 radical (unpaired) electrons. The molecular weight excluding hydrogens is 729 g/mol. The number of rotatable bonds is 3. The van der Waals surface area contributed by atoms with E-state index in [9.17, 15) is 0 Å². The topological polar surface area (TPSA) is 38.9 Å². The van der Waals surface area contributed by atoms with Crippen LogP contribution in [0.3, 0.4) is 0 Å². The standard InChI is InChI=1S/C57H44N2O/c1-56(2)46-18-7-5-14-40(46)44-30-35(21-23-47(44)56)36-22-24-48-45(31-36)51-43(17-10-19-49(51)57(48)37-26-32-25-33(28-37)29-38(57)27-32)54-58-53(41-16-9-12-34-11-3-4-13-39(34)41)52-42-15-6-8-20-50(42)60-55(52)59-54/h3-24,30-33,37-38H,25-29H2,1-2H3. The lowest BCUT2D eigenvalue weighted by molar-refractivity contribution is -0.0399. The first-order valence-corrected chi connectivity index (χ1v) is 22.2. The number of hydrogen-bond donors (Lipinski definition) is 0. The third kappa shape index (κ3) is 4.25. The van der Waals surface area contributed by atoms with E-state index in [4.69, 9.17) is 14.4 Å². The van der Waals surface area contributed by atoms with E-state index in [1.165, 1.54) is 98.5 Å². The predicted molar refractivity (Wildman–Crippen MR) is 244 cm³/mol. The summed E-state index contributed by atoms with van der Waals surface area (Å²) < 4.78 is 6.67. The number of benzene rings is 7. The van der Waals surface area contributed by atoms with Crippen molar-refractivity contribution >= 4 is 32.8 Å². The van der Waals surface area contributed by atoms with Crippen molar-refractivity contribution < 1.29 is 4.42 Å². The molecule has 4 fully saturated rings. The van der Waals surface area contributed by atoms with Gasteiger partial charge in [-0.3, -0.25) is 0 Å². The third-order valence-electron chi connectivity index (χ3n) is 16.1. The van der Waals surface area contributed by atoms with Crippen LogP contribution in [-0.4, -0.2) is 9.97 Å². The number of fused-ring (bicyclic) bond motifs is 10. The lowest BCUT2D eigenvalue weighted by atomic mass is 9.43. The van der Waals surface area contributed by atoms with E-state index in [1.807, 2.05) is 6.07 Å². The molecule has 60 heavy (non-hydrogen) atoms. The quantitative estimate of drug-likeness (QED) is 0.180. The Hall–Kier alpha value is -6.32. The Morgan fingerprint density at radius 2 is 1.12 bits per heavy atom. The highest BCUT2D eigenvalue weighted by Crippen LogP contribution is 2.70. The molecule has 9 aromatic rings. The fourth-order valence-electron chi connectivity index (χ4n) is 13.9. The van der Waals surface area contributed by atoms with Crippen LogP contribution in [0.4, 0.5) is 0 Å². The van der Waals surface area contributed by atoms with E-state index in [2.05, 4.69) is 153 Å². The Morgan fingerprint density at radius 3 is 1.95 bits per heavy atom. The van der Waals surface area contributed by atoms with Crippen LogP contribution in [0.15, 0.2) is 150 Å². The van der Waals surface area contributed by atoms with Crippen LogP contribution in [0.5, 0.6) is 0 Å². The van der Waals surface area contributed by atoms with Gasteiger partial charge in [0.15, 0.2) is 5.82 Å². The summed E-state index contributed by atoms with van der Waals surface area (Å²) in [7, 11) is 0. The van der Waals surface area contributed by atoms with Gasteiger partial charge in [-0.2, -0.15) is 4.98 Å². The van der Waals surface area contributed by atoms with Crippen molar-refractivity contribution in [2.75, 3.05) is 0 Å². The van der Waals surface area contributed by atoms with E-state index in [0.29, 0.717) is 17.5 Å². The van der Waals surface area contributed by atoms with Crippen molar-refractivity contribution in [1.82, 2.24) is 9.97 Å². The van der Waals surface area contributed by atoms with Gasteiger partial charge in [0.2, 0.25) is 5.71 Å². The van der Waals surface area contributed by atoms with Crippen molar-refractivity contribution in [2.24, 2.45) is 23.7 Å². The number of furan rings is 1. The first-order valence-electron chi connectivity index (χ1n) is 22.2. The minimum atomic E-state index is -0.0199. The molecule has 288 valence electrons. The van der Waals surface area contributed by atoms with Gasteiger partial charge < -0.3 is 4.42 Å². The second-order valence-corrected chi connectivity index (χ2v) is 19.3.